The molecule has 0 radical (unpaired) electrons. The number of carboxylic acids is 1. The third-order valence-corrected chi connectivity index (χ3v) is 1.40. The molecule has 0 aliphatic rings. The monoisotopic (exact) mass is 190 g/mol. The number of allylic oxidation sites excluding steroid dienone is 1. The largest absolute Gasteiger partial charge is 0.477 e. The maximum atomic E-state index is 11.5. The standard InChI is InChI=1S/C4H2Cl2F2O2/c5-1(3(7)8)2(6)4(9)10/h3H,(H,9,10)/b2-1+. The lowest BCUT2D eigenvalue weighted by Crippen LogP contribution is -2.01. The molecular weight excluding hydrogens is 189 g/mol. The number of hydrogen-bond acceptors (Lipinski definition) is 1. The van der Waals surface area contributed by atoms with Crippen molar-refractivity contribution in [1.82, 2.24) is 0 Å². The second-order valence-electron chi connectivity index (χ2n) is 1.27. The molecule has 0 aliphatic carbocycles. The van der Waals surface area contributed by atoms with Crippen LogP contribution >= 0.6 is 23.2 Å². The van der Waals surface area contributed by atoms with Crippen molar-refractivity contribution < 1.29 is 18.7 Å². The molecule has 10 heavy (non-hydrogen) atoms. The third-order valence-electron chi connectivity index (χ3n) is 0.589. The van der Waals surface area contributed by atoms with Crippen molar-refractivity contribution in [2.24, 2.45) is 0 Å². The Labute approximate surface area is 65.0 Å². The first kappa shape index (κ1) is 9.65. The van der Waals surface area contributed by atoms with Crippen LogP contribution in [0.25, 0.3) is 0 Å². The molecule has 0 aromatic rings. The predicted molar refractivity (Wildman–Crippen MR) is 32.4 cm³/mol. The summed E-state index contributed by atoms with van der Waals surface area (Å²) in [5.41, 5.74) is 0. The summed E-state index contributed by atoms with van der Waals surface area (Å²) in [7, 11) is 0. The molecule has 0 heterocycles. The highest BCUT2D eigenvalue weighted by Gasteiger charge is 2.17. The van der Waals surface area contributed by atoms with E-state index in [0.717, 1.165) is 0 Å². The Hall–Kier alpha value is -0.350. The zero-order valence-electron chi connectivity index (χ0n) is 4.44. The fourth-order valence-corrected chi connectivity index (χ4v) is 0.361. The minimum atomic E-state index is -3.04. The van der Waals surface area contributed by atoms with Crippen LogP contribution in [0.4, 0.5) is 8.78 Å². The minimum absolute atomic E-state index is 1.04. The van der Waals surface area contributed by atoms with Crippen molar-refractivity contribution in [3.8, 4) is 0 Å². The molecule has 0 rings (SSSR count). The number of hydrogen-bond donors (Lipinski definition) is 1. The minimum Gasteiger partial charge on any atom is -0.477 e. The molecule has 2 nitrogen and oxygen atoms in total. The van der Waals surface area contributed by atoms with Crippen LogP contribution in [-0.2, 0) is 4.79 Å². The maximum absolute atomic E-state index is 11.5. The van der Waals surface area contributed by atoms with E-state index in [9.17, 15) is 13.6 Å². The lowest BCUT2D eigenvalue weighted by Gasteiger charge is -1.95. The van der Waals surface area contributed by atoms with Crippen molar-refractivity contribution >= 4 is 29.2 Å². The second kappa shape index (κ2) is 3.73. The molecule has 58 valence electrons. The first-order valence-corrected chi connectivity index (χ1v) is 2.79. The molecule has 0 bridgehead atoms. The Morgan fingerprint density at radius 1 is 1.40 bits per heavy atom. The van der Waals surface area contributed by atoms with E-state index in [1.807, 2.05) is 0 Å². The van der Waals surface area contributed by atoms with E-state index in [-0.39, 0.29) is 0 Å². The van der Waals surface area contributed by atoms with Gasteiger partial charge in [-0.15, -0.1) is 0 Å². The highest BCUT2D eigenvalue weighted by atomic mass is 35.5. The number of halogens is 4. The second-order valence-corrected chi connectivity index (χ2v) is 2.05. The van der Waals surface area contributed by atoms with Gasteiger partial charge in [-0.2, -0.15) is 0 Å². The van der Waals surface area contributed by atoms with Crippen LogP contribution in [0, 0.1) is 0 Å². The zero-order chi connectivity index (χ0) is 8.31. The first-order chi connectivity index (χ1) is 4.46. The molecule has 0 spiro atoms. The molecule has 0 aromatic heterocycles. The molecule has 0 aromatic carbocycles. The van der Waals surface area contributed by atoms with E-state index < -0.39 is 22.5 Å². The Morgan fingerprint density at radius 2 is 1.80 bits per heavy atom. The summed E-state index contributed by atoms with van der Waals surface area (Å²) in [5.74, 6) is -1.66. The quantitative estimate of drug-likeness (QED) is 0.677. The van der Waals surface area contributed by atoms with E-state index >= 15 is 0 Å². The molecule has 0 fully saturated rings. The van der Waals surface area contributed by atoms with Crippen LogP contribution in [-0.4, -0.2) is 17.5 Å². The lowest BCUT2D eigenvalue weighted by atomic mass is 10.5. The van der Waals surface area contributed by atoms with E-state index in [0.29, 0.717) is 0 Å². The van der Waals surface area contributed by atoms with Gasteiger partial charge in [0.2, 0.25) is 0 Å². The number of aliphatic carboxylic acids is 1. The Kier molecular flexibility index (Phi) is 3.60. The molecule has 0 aliphatic heterocycles. The summed E-state index contributed by atoms with van der Waals surface area (Å²) < 4.78 is 23.0. The van der Waals surface area contributed by atoms with Crippen molar-refractivity contribution in [1.29, 1.82) is 0 Å². The van der Waals surface area contributed by atoms with Crippen LogP contribution in [0.3, 0.4) is 0 Å². The van der Waals surface area contributed by atoms with Gasteiger partial charge in [-0.3, -0.25) is 0 Å². The molecule has 0 atom stereocenters. The van der Waals surface area contributed by atoms with Crippen molar-refractivity contribution in [3.05, 3.63) is 10.1 Å². The number of carbonyl (C=O) groups is 1. The first-order valence-electron chi connectivity index (χ1n) is 2.03. The highest BCUT2D eigenvalue weighted by Crippen LogP contribution is 2.20. The Balaban J connectivity index is 4.50. The molecule has 0 saturated carbocycles. The van der Waals surface area contributed by atoms with Gasteiger partial charge in [-0.25, -0.2) is 13.6 Å². The summed E-state index contributed by atoms with van der Waals surface area (Å²) in [6.07, 6.45) is -3.04. The predicted octanol–water partition coefficient (Wildman–Crippen LogP) is 2.03. The number of rotatable bonds is 2. The van der Waals surface area contributed by atoms with Gasteiger partial charge >= 0.3 is 5.97 Å². The van der Waals surface area contributed by atoms with E-state index in [1.54, 1.807) is 0 Å². The van der Waals surface area contributed by atoms with Gasteiger partial charge < -0.3 is 5.11 Å². The molecular formula is C4H2Cl2F2O2. The Morgan fingerprint density at radius 3 is 1.90 bits per heavy atom. The van der Waals surface area contributed by atoms with Crippen LogP contribution in [0.2, 0.25) is 0 Å². The summed E-state index contributed by atoms with van der Waals surface area (Å²) >= 11 is 9.61. The van der Waals surface area contributed by atoms with Gasteiger partial charge in [0, 0.05) is 0 Å². The van der Waals surface area contributed by atoms with E-state index in [4.69, 9.17) is 28.3 Å². The third kappa shape index (κ3) is 2.49. The number of alkyl halides is 2. The fourth-order valence-electron chi connectivity index (χ4n) is 0.198. The normalized spacial score (nSPS) is 13.3. The summed E-state index contributed by atoms with van der Waals surface area (Å²) in [6, 6.07) is 0. The van der Waals surface area contributed by atoms with Crippen LogP contribution in [0.1, 0.15) is 0 Å². The van der Waals surface area contributed by atoms with E-state index in [2.05, 4.69) is 0 Å². The van der Waals surface area contributed by atoms with E-state index in [1.165, 1.54) is 0 Å². The summed E-state index contributed by atoms with van der Waals surface area (Å²) in [5, 5.41) is 5.80. The summed E-state index contributed by atoms with van der Waals surface area (Å²) in [4.78, 5) is 9.84. The van der Waals surface area contributed by atoms with Gasteiger partial charge in [0.15, 0.2) is 0 Å². The average molecular weight is 191 g/mol. The van der Waals surface area contributed by atoms with Crippen molar-refractivity contribution in [2.75, 3.05) is 0 Å². The summed E-state index contributed by atoms with van der Waals surface area (Å²) in [6.45, 7) is 0. The SMILES string of the molecule is O=C(O)/C(Cl)=C(\Cl)C(F)F. The molecule has 0 saturated heterocycles. The fraction of sp³-hybridized carbons (Fsp3) is 0.250. The topological polar surface area (TPSA) is 37.3 Å². The van der Waals surface area contributed by atoms with Gasteiger partial charge in [-0.05, 0) is 0 Å². The average Bonchev–Trinajstić information content (AvgIpc) is 1.84. The van der Waals surface area contributed by atoms with Gasteiger partial charge in [0.25, 0.3) is 6.43 Å². The van der Waals surface area contributed by atoms with Crippen LogP contribution in [0.5, 0.6) is 0 Å². The van der Waals surface area contributed by atoms with Gasteiger partial charge in [0.1, 0.15) is 10.1 Å². The molecule has 0 unspecified atom stereocenters. The number of carboxylic acid groups (broad SMARTS) is 1. The van der Waals surface area contributed by atoms with Crippen molar-refractivity contribution in [3.63, 3.8) is 0 Å². The highest BCUT2D eigenvalue weighted by molar-refractivity contribution is 6.47. The van der Waals surface area contributed by atoms with Crippen LogP contribution in [0.15, 0.2) is 10.1 Å². The molecule has 6 heteroatoms. The maximum Gasteiger partial charge on any atom is 0.348 e. The smallest absolute Gasteiger partial charge is 0.348 e. The van der Waals surface area contributed by atoms with Gasteiger partial charge in [0.05, 0.1) is 0 Å². The lowest BCUT2D eigenvalue weighted by molar-refractivity contribution is -0.132. The molecule has 0 amide bonds. The van der Waals surface area contributed by atoms with Crippen molar-refractivity contribution in [2.45, 2.75) is 6.43 Å². The Bertz CT molecular complexity index is 178. The molecule has 1 N–H and O–H groups in total. The van der Waals surface area contributed by atoms with Crippen LogP contribution < -0.4 is 0 Å². The zero-order valence-corrected chi connectivity index (χ0v) is 5.96. The van der Waals surface area contributed by atoms with Gasteiger partial charge in [-0.1, -0.05) is 23.2 Å².